The van der Waals surface area contributed by atoms with E-state index in [9.17, 15) is 0 Å². The summed E-state index contributed by atoms with van der Waals surface area (Å²) in [7, 11) is 0. The van der Waals surface area contributed by atoms with E-state index in [0.717, 1.165) is 0 Å². The molecule has 2 heteroatoms. The van der Waals surface area contributed by atoms with Crippen molar-refractivity contribution >= 4 is 17.3 Å². The average Bonchev–Trinajstić information content (AvgIpc) is 1.35. The van der Waals surface area contributed by atoms with Crippen molar-refractivity contribution in [1.82, 2.24) is 0 Å². The monoisotopic (exact) mass is 104 g/mol. The first kappa shape index (κ1) is 5.89. The summed E-state index contributed by atoms with van der Waals surface area (Å²) in [6.45, 7) is 4.37. The van der Waals surface area contributed by atoms with Crippen LogP contribution in [0.2, 0.25) is 0 Å². The van der Waals surface area contributed by atoms with Gasteiger partial charge in [0.05, 0.1) is 6.61 Å². The van der Waals surface area contributed by atoms with Gasteiger partial charge < -0.3 is 4.74 Å². The fourth-order valence-electron chi connectivity index (χ4n) is 0.203. The highest BCUT2D eigenvalue weighted by Gasteiger charge is 1.76. The van der Waals surface area contributed by atoms with E-state index in [0.29, 0.717) is 11.7 Å². The Labute approximate surface area is 43.3 Å². The van der Waals surface area contributed by atoms with Crippen LogP contribution in [0.15, 0.2) is 0 Å². The zero-order valence-electron chi connectivity index (χ0n) is 4.02. The van der Waals surface area contributed by atoms with Gasteiger partial charge in [-0.3, -0.25) is 0 Å². The Kier molecular flexibility index (Phi) is 3.04. The Morgan fingerprint density at radius 1 is 1.83 bits per heavy atom. The van der Waals surface area contributed by atoms with Crippen LogP contribution in [0.25, 0.3) is 0 Å². The predicted molar refractivity (Wildman–Crippen MR) is 29.9 cm³/mol. The van der Waals surface area contributed by atoms with Gasteiger partial charge in [0.1, 0.15) is 0 Å². The van der Waals surface area contributed by atoms with Crippen molar-refractivity contribution in [2.24, 2.45) is 0 Å². The van der Waals surface area contributed by atoms with E-state index in [2.05, 4.69) is 12.2 Å². The molecule has 0 saturated heterocycles. The van der Waals surface area contributed by atoms with Gasteiger partial charge in [-0.15, -0.1) is 0 Å². The summed E-state index contributed by atoms with van der Waals surface area (Å²) in [6, 6.07) is 0. The van der Waals surface area contributed by atoms with E-state index in [4.69, 9.17) is 4.74 Å². The molecule has 0 atom stereocenters. The molecule has 0 aromatic rings. The number of rotatable bonds is 1. The molecule has 36 valence electrons. The second-order valence-electron chi connectivity index (χ2n) is 0.925. The molecule has 0 aliphatic rings. The summed E-state index contributed by atoms with van der Waals surface area (Å²) >= 11 is 4.57. The Balaban J connectivity index is 2.83. The van der Waals surface area contributed by atoms with Gasteiger partial charge in [0.2, 0.25) is 0 Å². The highest BCUT2D eigenvalue weighted by molar-refractivity contribution is 7.80. The van der Waals surface area contributed by atoms with Crippen molar-refractivity contribution in [3.05, 3.63) is 0 Å². The first-order chi connectivity index (χ1) is 2.77. The molecule has 1 nitrogen and oxygen atoms in total. The van der Waals surface area contributed by atoms with Crippen LogP contribution in [-0.4, -0.2) is 11.7 Å². The average molecular weight is 104 g/mol. The molecule has 0 saturated carbocycles. The maximum atomic E-state index is 4.77. The van der Waals surface area contributed by atoms with Crippen molar-refractivity contribution in [2.75, 3.05) is 6.61 Å². The summed E-state index contributed by atoms with van der Waals surface area (Å²) in [4.78, 5) is 0. The van der Waals surface area contributed by atoms with Gasteiger partial charge >= 0.3 is 0 Å². The van der Waals surface area contributed by atoms with Gasteiger partial charge in [-0.05, 0) is 19.1 Å². The first-order valence-corrected chi connectivity index (χ1v) is 2.31. The Morgan fingerprint density at radius 2 is 2.33 bits per heavy atom. The van der Waals surface area contributed by atoms with Crippen LogP contribution in [0.5, 0.6) is 0 Å². The molecule has 0 aromatic carbocycles. The molecule has 0 unspecified atom stereocenters. The van der Waals surface area contributed by atoms with Gasteiger partial charge in [-0.1, -0.05) is 0 Å². The molecule has 0 aliphatic heterocycles. The van der Waals surface area contributed by atoms with Crippen LogP contribution in [0.1, 0.15) is 13.8 Å². The van der Waals surface area contributed by atoms with Crippen LogP contribution < -0.4 is 0 Å². The summed E-state index contributed by atoms with van der Waals surface area (Å²) < 4.78 is 4.77. The van der Waals surface area contributed by atoms with Gasteiger partial charge in [0, 0.05) is 6.92 Å². The molecule has 0 aliphatic carbocycles. The van der Waals surface area contributed by atoms with Gasteiger partial charge in [-0.25, -0.2) is 0 Å². The van der Waals surface area contributed by atoms with Crippen LogP contribution in [0.3, 0.4) is 0 Å². The molecule has 0 N–H and O–H groups in total. The predicted octanol–water partition coefficient (Wildman–Crippen LogP) is 1.37. The van der Waals surface area contributed by atoms with Crippen molar-refractivity contribution in [2.45, 2.75) is 13.8 Å². The van der Waals surface area contributed by atoms with E-state index in [-0.39, 0.29) is 0 Å². The Bertz CT molecular complexity index is 51.5. The highest BCUT2D eigenvalue weighted by Crippen LogP contribution is 1.75. The second-order valence-corrected chi connectivity index (χ2v) is 1.50. The second kappa shape index (κ2) is 3.09. The van der Waals surface area contributed by atoms with E-state index in [1.165, 1.54) is 0 Å². The van der Waals surface area contributed by atoms with E-state index in [1.54, 1.807) is 6.92 Å². The molecule has 0 fully saturated rings. The number of ether oxygens (including phenoxy) is 1. The lowest BCUT2D eigenvalue weighted by Crippen LogP contribution is -1.92. The zero-order chi connectivity index (χ0) is 4.99. The molecule has 6 heavy (non-hydrogen) atoms. The van der Waals surface area contributed by atoms with Crippen LogP contribution in [-0.2, 0) is 4.74 Å². The maximum Gasteiger partial charge on any atom is 0.156 e. The van der Waals surface area contributed by atoms with Crippen LogP contribution in [0, 0.1) is 0 Å². The summed E-state index contributed by atoms with van der Waals surface area (Å²) in [5, 5.41) is 0.623. The van der Waals surface area contributed by atoms with Crippen molar-refractivity contribution in [3.63, 3.8) is 0 Å². The minimum absolute atomic E-state index is 0.623. The Hall–Kier alpha value is -0.110. The lowest BCUT2D eigenvalue weighted by atomic mass is 10.8. The molecular weight excluding hydrogens is 96.1 g/mol. The minimum atomic E-state index is 0.623. The fourth-order valence-corrected chi connectivity index (χ4v) is 0.321. The first-order valence-electron chi connectivity index (χ1n) is 1.90. The van der Waals surface area contributed by atoms with Gasteiger partial charge in [0.25, 0.3) is 0 Å². The van der Waals surface area contributed by atoms with E-state index in [1.807, 2.05) is 6.92 Å². The third-order valence-corrected chi connectivity index (χ3v) is 0.465. The van der Waals surface area contributed by atoms with Crippen LogP contribution in [0.4, 0.5) is 0 Å². The van der Waals surface area contributed by atoms with Crippen molar-refractivity contribution < 1.29 is 4.74 Å². The van der Waals surface area contributed by atoms with E-state index < -0.39 is 0 Å². The third kappa shape index (κ3) is 3.89. The number of thiocarbonyl (C=S) groups is 1. The molecule has 0 radical (unpaired) electrons. The van der Waals surface area contributed by atoms with E-state index >= 15 is 0 Å². The quantitative estimate of drug-likeness (QED) is 0.465. The maximum absolute atomic E-state index is 4.77. The summed E-state index contributed by atoms with van der Waals surface area (Å²) in [5.74, 6) is 0. The topological polar surface area (TPSA) is 9.23 Å². The molecule has 0 aromatic heterocycles. The standard InChI is InChI=1S/C4H8OS/c1-3-5-4(2)6/h3H2,1-2H3. The fraction of sp³-hybridized carbons (Fsp3) is 0.750. The van der Waals surface area contributed by atoms with Crippen LogP contribution >= 0.6 is 12.2 Å². The molecule has 0 rings (SSSR count). The van der Waals surface area contributed by atoms with Gasteiger partial charge in [-0.2, -0.15) is 0 Å². The molecule has 0 bridgehead atoms. The molecular formula is C4H8OS. The highest BCUT2D eigenvalue weighted by atomic mass is 32.1. The lowest BCUT2D eigenvalue weighted by Gasteiger charge is -1.93. The van der Waals surface area contributed by atoms with Crippen molar-refractivity contribution in [1.29, 1.82) is 0 Å². The zero-order valence-corrected chi connectivity index (χ0v) is 4.84. The summed E-state index contributed by atoms with van der Waals surface area (Å²) in [5.41, 5.74) is 0. The van der Waals surface area contributed by atoms with Gasteiger partial charge in [0.15, 0.2) is 5.05 Å². The molecule has 0 heterocycles. The Morgan fingerprint density at radius 3 is 2.33 bits per heavy atom. The molecule has 0 spiro atoms. The normalized spacial score (nSPS) is 7.67. The largest absolute Gasteiger partial charge is 0.488 e. The molecule has 0 amide bonds. The number of hydrogen-bond donors (Lipinski definition) is 0. The minimum Gasteiger partial charge on any atom is -0.488 e. The lowest BCUT2D eigenvalue weighted by molar-refractivity contribution is 0.334. The summed E-state index contributed by atoms with van der Waals surface area (Å²) in [6.07, 6.45) is 0. The third-order valence-electron chi connectivity index (χ3n) is 0.348. The van der Waals surface area contributed by atoms with Crippen molar-refractivity contribution in [3.8, 4) is 0 Å². The smallest absolute Gasteiger partial charge is 0.156 e. The number of hydrogen-bond acceptors (Lipinski definition) is 2. The SMILES string of the molecule is CCOC(C)=S.